The van der Waals surface area contributed by atoms with E-state index < -0.39 is 11.7 Å². The zero-order chi connectivity index (χ0) is 14.0. The van der Waals surface area contributed by atoms with Crippen molar-refractivity contribution >= 4 is 11.8 Å². The Labute approximate surface area is 112 Å². The van der Waals surface area contributed by atoms with Crippen LogP contribution in [0.5, 0.6) is 0 Å². The Morgan fingerprint density at radius 2 is 2.11 bits per heavy atom. The largest absolute Gasteiger partial charge is 0.416 e. The van der Waals surface area contributed by atoms with Crippen molar-refractivity contribution in [2.75, 3.05) is 0 Å². The maximum absolute atomic E-state index is 12.9. The summed E-state index contributed by atoms with van der Waals surface area (Å²) in [6.07, 6.45) is -1.06. The SMILES string of the molecule is Cn1ccnc1Sc1ccc(CN)c(C(F)(F)F)c1. The first kappa shape index (κ1) is 14.0. The Kier molecular flexibility index (Phi) is 3.86. The van der Waals surface area contributed by atoms with Crippen LogP contribution in [0.4, 0.5) is 13.2 Å². The lowest BCUT2D eigenvalue weighted by Crippen LogP contribution is -2.12. The summed E-state index contributed by atoms with van der Waals surface area (Å²) in [5.41, 5.74) is 4.74. The van der Waals surface area contributed by atoms with E-state index in [1.807, 2.05) is 0 Å². The van der Waals surface area contributed by atoms with Crippen LogP contribution in [0.2, 0.25) is 0 Å². The molecule has 0 unspecified atom stereocenters. The van der Waals surface area contributed by atoms with Crippen LogP contribution in [0, 0.1) is 0 Å². The van der Waals surface area contributed by atoms with Gasteiger partial charge in [0, 0.05) is 30.9 Å². The second-order valence-electron chi connectivity index (χ2n) is 3.94. The van der Waals surface area contributed by atoms with Crippen molar-refractivity contribution in [3.63, 3.8) is 0 Å². The van der Waals surface area contributed by atoms with Crippen LogP contribution in [0.1, 0.15) is 11.1 Å². The number of nitrogens with zero attached hydrogens (tertiary/aromatic N) is 2. The van der Waals surface area contributed by atoms with E-state index in [-0.39, 0.29) is 12.1 Å². The number of aromatic nitrogens is 2. The number of nitrogens with two attached hydrogens (primary N) is 1. The molecule has 0 fully saturated rings. The molecule has 0 spiro atoms. The molecular weight excluding hydrogens is 275 g/mol. The van der Waals surface area contributed by atoms with E-state index in [0.717, 1.165) is 6.07 Å². The summed E-state index contributed by atoms with van der Waals surface area (Å²) in [6.45, 7) is -0.137. The van der Waals surface area contributed by atoms with Gasteiger partial charge >= 0.3 is 6.18 Å². The number of benzene rings is 1. The molecule has 0 aliphatic heterocycles. The molecule has 1 aromatic carbocycles. The summed E-state index contributed by atoms with van der Waals surface area (Å²) < 4.78 is 40.4. The van der Waals surface area contributed by atoms with Gasteiger partial charge in [0.1, 0.15) is 0 Å². The predicted molar refractivity (Wildman–Crippen MR) is 66.7 cm³/mol. The summed E-state index contributed by atoms with van der Waals surface area (Å²) in [5.74, 6) is 0. The molecular formula is C12H12F3N3S. The fraction of sp³-hybridized carbons (Fsp3) is 0.250. The van der Waals surface area contributed by atoms with Crippen LogP contribution in [0.15, 0.2) is 40.6 Å². The molecule has 0 atom stereocenters. The van der Waals surface area contributed by atoms with Crippen molar-refractivity contribution in [3.8, 4) is 0 Å². The molecule has 0 saturated carbocycles. The van der Waals surface area contributed by atoms with Gasteiger partial charge in [-0.05, 0) is 17.7 Å². The van der Waals surface area contributed by atoms with Gasteiger partial charge in [0.25, 0.3) is 0 Å². The molecule has 3 nitrogen and oxygen atoms in total. The zero-order valence-electron chi connectivity index (χ0n) is 10.1. The maximum Gasteiger partial charge on any atom is 0.416 e. The summed E-state index contributed by atoms with van der Waals surface area (Å²) in [7, 11) is 1.79. The van der Waals surface area contributed by atoms with Crippen molar-refractivity contribution in [2.45, 2.75) is 22.8 Å². The van der Waals surface area contributed by atoms with Gasteiger partial charge < -0.3 is 10.3 Å². The van der Waals surface area contributed by atoms with Gasteiger partial charge in [0.2, 0.25) is 0 Å². The molecule has 0 saturated heterocycles. The van der Waals surface area contributed by atoms with E-state index in [1.54, 1.807) is 30.1 Å². The van der Waals surface area contributed by atoms with E-state index in [2.05, 4.69) is 4.98 Å². The third kappa shape index (κ3) is 3.10. The Hall–Kier alpha value is -1.47. The summed E-state index contributed by atoms with van der Waals surface area (Å²) >= 11 is 1.18. The molecule has 0 bridgehead atoms. The molecule has 2 aromatic rings. The van der Waals surface area contributed by atoms with E-state index in [0.29, 0.717) is 10.1 Å². The minimum atomic E-state index is -4.40. The second kappa shape index (κ2) is 5.26. The van der Waals surface area contributed by atoms with E-state index in [9.17, 15) is 13.2 Å². The van der Waals surface area contributed by atoms with E-state index in [1.165, 1.54) is 17.8 Å². The third-order valence-electron chi connectivity index (χ3n) is 2.59. The second-order valence-corrected chi connectivity index (χ2v) is 4.98. The van der Waals surface area contributed by atoms with Crippen molar-refractivity contribution in [3.05, 3.63) is 41.7 Å². The molecule has 1 aromatic heterocycles. The van der Waals surface area contributed by atoms with Gasteiger partial charge in [0.05, 0.1) is 5.56 Å². The summed E-state index contributed by atoms with van der Waals surface area (Å²) in [4.78, 5) is 4.55. The third-order valence-corrected chi connectivity index (χ3v) is 3.66. The molecule has 19 heavy (non-hydrogen) atoms. The van der Waals surface area contributed by atoms with Gasteiger partial charge in [-0.1, -0.05) is 17.8 Å². The monoisotopic (exact) mass is 287 g/mol. The first-order valence-corrected chi connectivity index (χ1v) is 6.29. The molecule has 0 aliphatic rings. The smallest absolute Gasteiger partial charge is 0.329 e. The van der Waals surface area contributed by atoms with Gasteiger partial charge in [-0.15, -0.1) is 0 Å². The van der Waals surface area contributed by atoms with E-state index in [4.69, 9.17) is 5.73 Å². The normalized spacial score (nSPS) is 11.8. The van der Waals surface area contributed by atoms with Crippen LogP contribution in [0.25, 0.3) is 0 Å². The quantitative estimate of drug-likeness (QED) is 0.943. The lowest BCUT2D eigenvalue weighted by atomic mass is 10.1. The number of hydrogen-bond donors (Lipinski definition) is 1. The number of halogens is 3. The fourth-order valence-electron chi connectivity index (χ4n) is 1.62. The van der Waals surface area contributed by atoms with E-state index >= 15 is 0 Å². The van der Waals surface area contributed by atoms with Crippen molar-refractivity contribution < 1.29 is 13.2 Å². The average molecular weight is 287 g/mol. The first-order chi connectivity index (χ1) is 8.91. The van der Waals surface area contributed by atoms with Crippen LogP contribution in [-0.4, -0.2) is 9.55 Å². The minimum Gasteiger partial charge on any atom is -0.329 e. The van der Waals surface area contributed by atoms with Gasteiger partial charge in [-0.2, -0.15) is 13.2 Å². The number of rotatable bonds is 3. The van der Waals surface area contributed by atoms with Crippen molar-refractivity contribution in [1.82, 2.24) is 9.55 Å². The number of aryl methyl sites for hydroxylation is 1. The Morgan fingerprint density at radius 3 is 2.63 bits per heavy atom. The summed E-state index contributed by atoms with van der Waals surface area (Å²) in [6, 6.07) is 4.15. The maximum atomic E-state index is 12.9. The van der Waals surface area contributed by atoms with Crippen LogP contribution < -0.4 is 5.73 Å². The zero-order valence-corrected chi connectivity index (χ0v) is 10.9. The molecule has 0 radical (unpaired) electrons. The van der Waals surface area contributed by atoms with Crippen LogP contribution >= 0.6 is 11.8 Å². The van der Waals surface area contributed by atoms with Crippen LogP contribution in [-0.2, 0) is 19.8 Å². The van der Waals surface area contributed by atoms with Crippen LogP contribution in [0.3, 0.4) is 0 Å². The highest BCUT2D eigenvalue weighted by Crippen LogP contribution is 2.36. The predicted octanol–water partition coefficient (Wildman–Crippen LogP) is 3.05. The highest BCUT2D eigenvalue weighted by Gasteiger charge is 2.33. The lowest BCUT2D eigenvalue weighted by Gasteiger charge is -2.13. The van der Waals surface area contributed by atoms with Gasteiger partial charge in [-0.3, -0.25) is 0 Å². The highest BCUT2D eigenvalue weighted by atomic mass is 32.2. The molecule has 2 rings (SSSR count). The van der Waals surface area contributed by atoms with Crippen molar-refractivity contribution in [2.24, 2.45) is 12.8 Å². The van der Waals surface area contributed by atoms with Gasteiger partial charge in [-0.25, -0.2) is 4.98 Å². The Bertz CT molecular complexity index is 578. The molecule has 7 heteroatoms. The van der Waals surface area contributed by atoms with Crippen molar-refractivity contribution in [1.29, 1.82) is 0 Å². The highest BCUT2D eigenvalue weighted by molar-refractivity contribution is 7.99. The number of imidazole rings is 1. The minimum absolute atomic E-state index is 0.0942. The molecule has 2 N–H and O–H groups in total. The first-order valence-electron chi connectivity index (χ1n) is 5.47. The number of alkyl halides is 3. The fourth-order valence-corrected chi connectivity index (χ4v) is 2.46. The Balaban J connectivity index is 2.36. The summed E-state index contributed by atoms with van der Waals surface area (Å²) in [5, 5.41) is 0.633. The Morgan fingerprint density at radius 1 is 1.37 bits per heavy atom. The molecule has 0 aliphatic carbocycles. The topological polar surface area (TPSA) is 43.8 Å². The molecule has 0 amide bonds. The lowest BCUT2D eigenvalue weighted by molar-refractivity contribution is -0.138. The number of hydrogen-bond acceptors (Lipinski definition) is 3. The average Bonchev–Trinajstić information content (AvgIpc) is 2.74. The standard InChI is InChI=1S/C12H12F3N3S/c1-18-5-4-17-11(18)19-9-3-2-8(7-16)10(6-9)12(13,14)15/h2-6H,7,16H2,1H3. The molecule has 102 valence electrons. The molecule has 1 heterocycles. The van der Waals surface area contributed by atoms with Gasteiger partial charge in [0.15, 0.2) is 5.16 Å².